The Hall–Kier alpha value is -1.72. The Labute approximate surface area is 119 Å². The number of sulfone groups is 1. The maximum absolute atomic E-state index is 12.1. The van der Waals surface area contributed by atoms with E-state index in [1.807, 2.05) is 37.3 Å². The summed E-state index contributed by atoms with van der Waals surface area (Å²) in [5, 5.41) is 3.10. The lowest BCUT2D eigenvalue weighted by atomic mass is 10.2. The highest BCUT2D eigenvalue weighted by molar-refractivity contribution is 7.91. The van der Waals surface area contributed by atoms with Gasteiger partial charge in [-0.1, -0.05) is 23.8 Å². The molecule has 0 fully saturated rings. The van der Waals surface area contributed by atoms with Gasteiger partial charge >= 0.3 is 0 Å². The number of aromatic nitrogens is 1. The molecule has 0 amide bonds. The zero-order chi connectivity index (χ0) is 14.4. The van der Waals surface area contributed by atoms with Crippen molar-refractivity contribution >= 4 is 9.84 Å². The van der Waals surface area contributed by atoms with E-state index >= 15 is 0 Å². The van der Waals surface area contributed by atoms with E-state index in [-0.39, 0.29) is 5.75 Å². The van der Waals surface area contributed by atoms with Gasteiger partial charge in [0.1, 0.15) is 0 Å². The molecule has 0 atom stereocenters. The minimum absolute atomic E-state index is 0.0862. The summed E-state index contributed by atoms with van der Waals surface area (Å²) in [5.41, 5.74) is 1.96. The zero-order valence-corrected chi connectivity index (χ0v) is 12.2. The maximum atomic E-state index is 12.1. The molecule has 0 saturated carbocycles. The molecule has 2 rings (SSSR count). The van der Waals surface area contributed by atoms with Gasteiger partial charge < -0.3 is 5.32 Å². The molecule has 0 saturated heterocycles. The SMILES string of the molecule is Cc1ccc(S(=O)(=O)CCNCc2ccccn2)cc1. The lowest BCUT2D eigenvalue weighted by Gasteiger charge is -2.06. The van der Waals surface area contributed by atoms with Gasteiger partial charge in [-0.2, -0.15) is 0 Å². The van der Waals surface area contributed by atoms with Crippen LogP contribution in [0.5, 0.6) is 0 Å². The van der Waals surface area contributed by atoms with Crippen molar-refractivity contribution in [1.29, 1.82) is 0 Å². The molecule has 1 N–H and O–H groups in total. The summed E-state index contributed by atoms with van der Waals surface area (Å²) in [7, 11) is -3.21. The number of pyridine rings is 1. The predicted octanol–water partition coefficient (Wildman–Crippen LogP) is 1.95. The third-order valence-corrected chi connectivity index (χ3v) is 4.69. The molecule has 0 bridgehead atoms. The average Bonchev–Trinajstić information content (AvgIpc) is 2.45. The highest BCUT2D eigenvalue weighted by Crippen LogP contribution is 2.11. The van der Waals surface area contributed by atoms with Gasteiger partial charge in [0.15, 0.2) is 9.84 Å². The van der Waals surface area contributed by atoms with E-state index in [4.69, 9.17) is 0 Å². The molecule has 0 aliphatic rings. The van der Waals surface area contributed by atoms with Crippen LogP contribution in [-0.2, 0) is 16.4 Å². The molecule has 0 aliphatic heterocycles. The number of hydrogen-bond acceptors (Lipinski definition) is 4. The number of nitrogens with zero attached hydrogens (tertiary/aromatic N) is 1. The fourth-order valence-electron chi connectivity index (χ4n) is 1.79. The van der Waals surface area contributed by atoms with Gasteiger partial charge in [-0.25, -0.2) is 8.42 Å². The topological polar surface area (TPSA) is 59.1 Å². The molecule has 4 nitrogen and oxygen atoms in total. The number of benzene rings is 1. The summed E-state index contributed by atoms with van der Waals surface area (Å²) in [4.78, 5) is 4.55. The Morgan fingerprint density at radius 1 is 1.10 bits per heavy atom. The van der Waals surface area contributed by atoms with Crippen molar-refractivity contribution in [3.05, 3.63) is 59.9 Å². The van der Waals surface area contributed by atoms with Crippen LogP contribution in [0.15, 0.2) is 53.6 Å². The number of nitrogens with one attached hydrogen (secondary N) is 1. The summed E-state index contributed by atoms with van der Waals surface area (Å²) < 4.78 is 24.2. The molecule has 0 radical (unpaired) electrons. The fraction of sp³-hybridized carbons (Fsp3) is 0.267. The molecule has 1 aromatic carbocycles. The molecule has 1 heterocycles. The largest absolute Gasteiger partial charge is 0.310 e. The van der Waals surface area contributed by atoms with Crippen molar-refractivity contribution in [3.63, 3.8) is 0 Å². The van der Waals surface area contributed by atoms with Gasteiger partial charge in [0, 0.05) is 19.3 Å². The van der Waals surface area contributed by atoms with Crippen LogP contribution in [0.3, 0.4) is 0 Å². The molecular weight excluding hydrogens is 272 g/mol. The van der Waals surface area contributed by atoms with Gasteiger partial charge in [0.25, 0.3) is 0 Å². The first-order chi connectivity index (χ1) is 9.58. The van der Waals surface area contributed by atoms with E-state index in [2.05, 4.69) is 10.3 Å². The summed E-state index contributed by atoms with van der Waals surface area (Å²) in [6, 6.07) is 12.6. The van der Waals surface area contributed by atoms with Crippen LogP contribution in [-0.4, -0.2) is 25.7 Å². The Balaban J connectivity index is 1.85. The molecule has 106 valence electrons. The van der Waals surface area contributed by atoms with E-state index in [0.29, 0.717) is 18.0 Å². The van der Waals surface area contributed by atoms with Crippen molar-refractivity contribution in [2.45, 2.75) is 18.4 Å². The van der Waals surface area contributed by atoms with Crippen molar-refractivity contribution in [1.82, 2.24) is 10.3 Å². The molecule has 0 spiro atoms. The highest BCUT2D eigenvalue weighted by atomic mass is 32.2. The highest BCUT2D eigenvalue weighted by Gasteiger charge is 2.13. The first-order valence-electron chi connectivity index (χ1n) is 6.48. The van der Waals surface area contributed by atoms with E-state index in [9.17, 15) is 8.42 Å². The number of aryl methyl sites for hydroxylation is 1. The zero-order valence-electron chi connectivity index (χ0n) is 11.4. The van der Waals surface area contributed by atoms with Crippen LogP contribution in [0.1, 0.15) is 11.3 Å². The van der Waals surface area contributed by atoms with Crippen LogP contribution < -0.4 is 5.32 Å². The number of rotatable bonds is 6. The van der Waals surface area contributed by atoms with Crippen molar-refractivity contribution in [2.75, 3.05) is 12.3 Å². The fourth-order valence-corrected chi connectivity index (χ4v) is 2.99. The van der Waals surface area contributed by atoms with Gasteiger partial charge in [0.05, 0.1) is 16.3 Å². The maximum Gasteiger partial charge on any atom is 0.179 e. The van der Waals surface area contributed by atoms with E-state index in [1.165, 1.54) is 0 Å². The van der Waals surface area contributed by atoms with E-state index < -0.39 is 9.84 Å². The Morgan fingerprint density at radius 3 is 2.50 bits per heavy atom. The molecule has 0 aliphatic carbocycles. The smallest absolute Gasteiger partial charge is 0.179 e. The summed E-state index contributed by atoms with van der Waals surface area (Å²) in [5.74, 6) is 0.0862. The third-order valence-electron chi connectivity index (χ3n) is 2.96. The average molecular weight is 290 g/mol. The summed E-state index contributed by atoms with van der Waals surface area (Å²) in [6.07, 6.45) is 1.72. The van der Waals surface area contributed by atoms with Gasteiger partial charge in [-0.15, -0.1) is 0 Å². The third kappa shape index (κ3) is 4.15. The van der Waals surface area contributed by atoms with Gasteiger partial charge in [0.2, 0.25) is 0 Å². The summed E-state index contributed by atoms with van der Waals surface area (Å²) >= 11 is 0. The van der Waals surface area contributed by atoms with Crippen molar-refractivity contribution in [2.24, 2.45) is 0 Å². The minimum Gasteiger partial charge on any atom is -0.310 e. The van der Waals surface area contributed by atoms with Crippen LogP contribution in [0.2, 0.25) is 0 Å². The van der Waals surface area contributed by atoms with Crippen LogP contribution in [0.25, 0.3) is 0 Å². The van der Waals surface area contributed by atoms with Gasteiger partial charge in [-0.3, -0.25) is 4.98 Å². The normalized spacial score (nSPS) is 11.4. The second kappa shape index (κ2) is 6.63. The van der Waals surface area contributed by atoms with Crippen LogP contribution in [0.4, 0.5) is 0 Å². The monoisotopic (exact) mass is 290 g/mol. The van der Waals surface area contributed by atoms with Gasteiger partial charge in [-0.05, 0) is 31.2 Å². The molecule has 2 aromatic rings. The summed E-state index contributed by atoms with van der Waals surface area (Å²) in [6.45, 7) is 2.92. The first-order valence-corrected chi connectivity index (χ1v) is 8.13. The minimum atomic E-state index is -3.21. The van der Waals surface area contributed by atoms with Crippen LogP contribution in [0, 0.1) is 6.92 Å². The van der Waals surface area contributed by atoms with Crippen molar-refractivity contribution in [3.8, 4) is 0 Å². The van der Waals surface area contributed by atoms with E-state index in [1.54, 1.807) is 18.3 Å². The Morgan fingerprint density at radius 2 is 1.85 bits per heavy atom. The lowest BCUT2D eigenvalue weighted by molar-refractivity contribution is 0.590. The first kappa shape index (κ1) is 14.7. The second-order valence-electron chi connectivity index (χ2n) is 4.63. The standard InChI is InChI=1S/C15H18N2O2S/c1-13-5-7-15(8-6-13)20(18,19)11-10-16-12-14-4-2-3-9-17-14/h2-9,16H,10-12H2,1H3. The quantitative estimate of drug-likeness (QED) is 0.826. The molecule has 20 heavy (non-hydrogen) atoms. The molecule has 5 heteroatoms. The lowest BCUT2D eigenvalue weighted by Crippen LogP contribution is -2.23. The molecular formula is C15H18N2O2S. The Kier molecular flexibility index (Phi) is 4.87. The van der Waals surface area contributed by atoms with Crippen LogP contribution >= 0.6 is 0 Å². The number of hydrogen-bond donors (Lipinski definition) is 1. The van der Waals surface area contributed by atoms with E-state index in [0.717, 1.165) is 11.3 Å². The molecule has 0 unspecified atom stereocenters. The Bertz CT molecular complexity index is 637. The predicted molar refractivity (Wildman–Crippen MR) is 79.2 cm³/mol. The van der Waals surface area contributed by atoms with Crippen molar-refractivity contribution < 1.29 is 8.42 Å². The molecule has 1 aromatic heterocycles. The second-order valence-corrected chi connectivity index (χ2v) is 6.74.